The Labute approximate surface area is 119 Å². The van der Waals surface area contributed by atoms with Crippen molar-refractivity contribution in [3.63, 3.8) is 0 Å². The van der Waals surface area contributed by atoms with Crippen molar-refractivity contribution >= 4 is 46.9 Å². The molecule has 1 atom stereocenters. The molecule has 2 heterocycles. The van der Waals surface area contributed by atoms with Gasteiger partial charge < -0.3 is 10.4 Å². The van der Waals surface area contributed by atoms with Gasteiger partial charge in [-0.25, -0.2) is 9.78 Å². The van der Waals surface area contributed by atoms with E-state index in [1.165, 1.54) is 17.9 Å². The van der Waals surface area contributed by atoms with Gasteiger partial charge in [-0.2, -0.15) is 23.5 Å². The van der Waals surface area contributed by atoms with Crippen molar-refractivity contribution in [1.82, 2.24) is 4.98 Å². The number of nitrogens with zero attached hydrogens (tertiary/aromatic N) is 1. The van der Waals surface area contributed by atoms with Crippen molar-refractivity contribution in [2.24, 2.45) is 0 Å². The van der Waals surface area contributed by atoms with Crippen molar-refractivity contribution in [3.8, 4) is 0 Å². The summed E-state index contributed by atoms with van der Waals surface area (Å²) in [6.45, 7) is 0.714. The van der Waals surface area contributed by atoms with Crippen LogP contribution in [0.4, 0.5) is 5.82 Å². The van der Waals surface area contributed by atoms with Gasteiger partial charge in [0.25, 0.3) is 0 Å². The van der Waals surface area contributed by atoms with Crippen LogP contribution in [0.2, 0.25) is 5.15 Å². The summed E-state index contributed by atoms with van der Waals surface area (Å²) in [4.78, 5) is 15.1. The van der Waals surface area contributed by atoms with Gasteiger partial charge in [-0.3, -0.25) is 0 Å². The van der Waals surface area contributed by atoms with Crippen LogP contribution in [-0.4, -0.2) is 45.1 Å². The van der Waals surface area contributed by atoms with Crippen molar-refractivity contribution in [1.29, 1.82) is 0 Å². The molecule has 0 amide bonds. The minimum absolute atomic E-state index is 0.160. The molecule has 0 saturated carbocycles. The average Bonchev–Trinajstić information content (AvgIpc) is 2.37. The maximum Gasteiger partial charge on any atom is 0.339 e. The number of aromatic nitrogens is 1. The highest BCUT2D eigenvalue weighted by molar-refractivity contribution is 8.06. The van der Waals surface area contributed by atoms with E-state index >= 15 is 0 Å². The lowest BCUT2D eigenvalue weighted by molar-refractivity contribution is 0.0697. The van der Waals surface area contributed by atoms with Gasteiger partial charge in [0.05, 0.1) is 0 Å². The third kappa shape index (κ3) is 3.70. The number of anilines is 1. The van der Waals surface area contributed by atoms with Gasteiger partial charge in [0.15, 0.2) is 0 Å². The molecule has 1 aromatic rings. The van der Waals surface area contributed by atoms with Crippen LogP contribution in [-0.2, 0) is 0 Å². The van der Waals surface area contributed by atoms with Crippen LogP contribution >= 0.6 is 35.1 Å². The zero-order valence-corrected chi connectivity index (χ0v) is 11.9. The minimum atomic E-state index is -0.993. The highest BCUT2D eigenvalue weighted by atomic mass is 35.5. The molecule has 0 spiro atoms. The standard InChI is InChI=1S/C11H13ClN2O2S2/c12-9-2-1-8(11(15)16)10(14-9)13-5-7-6-17-3-4-18-7/h1-2,7H,3-6H2,(H,13,14)(H,15,16). The molecule has 1 aliphatic heterocycles. The summed E-state index contributed by atoms with van der Waals surface area (Å²) in [6.07, 6.45) is 0. The molecule has 1 unspecified atom stereocenters. The topological polar surface area (TPSA) is 62.2 Å². The lowest BCUT2D eigenvalue weighted by Gasteiger charge is -2.21. The molecule has 98 valence electrons. The number of carboxylic acids is 1. The van der Waals surface area contributed by atoms with E-state index in [1.807, 2.05) is 23.5 Å². The number of pyridine rings is 1. The molecule has 1 aromatic heterocycles. The number of carbonyl (C=O) groups is 1. The molecule has 1 saturated heterocycles. The number of rotatable bonds is 4. The largest absolute Gasteiger partial charge is 0.478 e. The summed E-state index contributed by atoms with van der Waals surface area (Å²) in [6, 6.07) is 2.96. The Bertz CT molecular complexity index is 439. The van der Waals surface area contributed by atoms with E-state index in [1.54, 1.807) is 0 Å². The Balaban J connectivity index is 2.03. The zero-order valence-electron chi connectivity index (χ0n) is 9.56. The normalized spacial score (nSPS) is 19.5. The molecule has 1 fully saturated rings. The van der Waals surface area contributed by atoms with Crippen molar-refractivity contribution in [3.05, 3.63) is 22.8 Å². The van der Waals surface area contributed by atoms with Crippen LogP contribution in [0.5, 0.6) is 0 Å². The summed E-state index contributed by atoms with van der Waals surface area (Å²) < 4.78 is 0. The molecule has 0 aromatic carbocycles. The van der Waals surface area contributed by atoms with E-state index in [4.69, 9.17) is 16.7 Å². The second kappa shape index (κ2) is 6.54. The van der Waals surface area contributed by atoms with Crippen LogP contribution in [0.25, 0.3) is 0 Å². The lowest BCUT2D eigenvalue weighted by atomic mass is 10.2. The molecule has 2 rings (SSSR count). The fraction of sp³-hybridized carbons (Fsp3) is 0.455. The fourth-order valence-electron chi connectivity index (χ4n) is 1.61. The Morgan fingerprint density at radius 1 is 1.56 bits per heavy atom. The Hall–Kier alpha value is -0.590. The quantitative estimate of drug-likeness (QED) is 0.834. The fourth-order valence-corrected chi connectivity index (χ4v) is 4.37. The molecule has 4 nitrogen and oxygen atoms in total. The molecule has 1 aliphatic rings. The summed E-state index contributed by atoms with van der Waals surface area (Å²) in [5.41, 5.74) is 0.160. The van der Waals surface area contributed by atoms with E-state index in [2.05, 4.69) is 10.3 Å². The van der Waals surface area contributed by atoms with E-state index in [0.717, 1.165) is 11.5 Å². The molecule has 0 bridgehead atoms. The van der Waals surface area contributed by atoms with Gasteiger partial charge in [0.2, 0.25) is 0 Å². The summed E-state index contributed by atoms with van der Waals surface area (Å²) >= 11 is 9.63. The number of hydrogen-bond acceptors (Lipinski definition) is 5. The molecule has 2 N–H and O–H groups in total. The van der Waals surface area contributed by atoms with Gasteiger partial charge >= 0.3 is 5.97 Å². The van der Waals surface area contributed by atoms with Crippen LogP contribution in [0.1, 0.15) is 10.4 Å². The summed E-state index contributed by atoms with van der Waals surface area (Å²) in [5.74, 6) is 2.78. The lowest BCUT2D eigenvalue weighted by Crippen LogP contribution is -2.24. The van der Waals surface area contributed by atoms with E-state index in [9.17, 15) is 4.79 Å². The average molecular weight is 305 g/mol. The SMILES string of the molecule is O=C(O)c1ccc(Cl)nc1NCC1CSCCS1. The first-order valence-electron chi connectivity index (χ1n) is 5.50. The Morgan fingerprint density at radius 3 is 3.06 bits per heavy atom. The number of aromatic carboxylic acids is 1. The first-order chi connectivity index (χ1) is 8.66. The molecular weight excluding hydrogens is 292 g/mol. The van der Waals surface area contributed by atoms with Crippen LogP contribution < -0.4 is 5.32 Å². The maximum atomic E-state index is 11.1. The van der Waals surface area contributed by atoms with Crippen LogP contribution in [0, 0.1) is 0 Å². The Morgan fingerprint density at radius 2 is 2.39 bits per heavy atom. The molecule has 7 heteroatoms. The van der Waals surface area contributed by atoms with Gasteiger partial charge in [-0.05, 0) is 12.1 Å². The monoisotopic (exact) mass is 304 g/mol. The summed E-state index contributed by atoms with van der Waals surface area (Å²) in [5, 5.41) is 12.9. The minimum Gasteiger partial charge on any atom is -0.478 e. The van der Waals surface area contributed by atoms with Gasteiger partial charge in [-0.1, -0.05) is 11.6 Å². The number of halogens is 1. The van der Waals surface area contributed by atoms with Gasteiger partial charge in [0.1, 0.15) is 16.5 Å². The van der Waals surface area contributed by atoms with Gasteiger partial charge in [-0.15, -0.1) is 0 Å². The first-order valence-corrected chi connectivity index (χ1v) is 8.08. The third-order valence-electron chi connectivity index (χ3n) is 2.47. The van der Waals surface area contributed by atoms with Crippen LogP contribution in [0.3, 0.4) is 0 Å². The zero-order chi connectivity index (χ0) is 13.0. The summed E-state index contributed by atoms with van der Waals surface area (Å²) in [7, 11) is 0. The third-order valence-corrected chi connectivity index (χ3v) is 5.53. The number of nitrogens with one attached hydrogen (secondary N) is 1. The molecule has 0 aliphatic carbocycles. The van der Waals surface area contributed by atoms with E-state index in [-0.39, 0.29) is 5.56 Å². The first kappa shape index (κ1) is 13.8. The second-order valence-electron chi connectivity index (χ2n) is 3.78. The molecule has 0 radical (unpaired) electrons. The number of carboxylic acid groups (broad SMARTS) is 1. The van der Waals surface area contributed by atoms with E-state index in [0.29, 0.717) is 22.8 Å². The second-order valence-corrected chi connectivity index (χ2v) is 6.73. The number of thioether (sulfide) groups is 2. The van der Waals surface area contributed by atoms with Gasteiger partial charge in [0, 0.05) is 29.1 Å². The molecule has 18 heavy (non-hydrogen) atoms. The molecular formula is C11H13ClN2O2S2. The van der Waals surface area contributed by atoms with E-state index < -0.39 is 5.97 Å². The van der Waals surface area contributed by atoms with Crippen molar-refractivity contribution in [2.75, 3.05) is 29.1 Å². The predicted octanol–water partition coefficient (Wildman–Crippen LogP) is 2.69. The van der Waals surface area contributed by atoms with Crippen molar-refractivity contribution < 1.29 is 9.90 Å². The van der Waals surface area contributed by atoms with Crippen LogP contribution in [0.15, 0.2) is 12.1 Å². The smallest absolute Gasteiger partial charge is 0.339 e. The van der Waals surface area contributed by atoms with Crippen molar-refractivity contribution in [2.45, 2.75) is 5.25 Å². The number of hydrogen-bond donors (Lipinski definition) is 2. The highest BCUT2D eigenvalue weighted by Crippen LogP contribution is 2.25. The Kier molecular flexibility index (Phi) is 5.03. The highest BCUT2D eigenvalue weighted by Gasteiger charge is 2.17. The maximum absolute atomic E-state index is 11.1. The predicted molar refractivity (Wildman–Crippen MR) is 78.3 cm³/mol.